The molecular formula is C22H17ClN4O2. The molecule has 0 saturated carbocycles. The third kappa shape index (κ3) is 3.83. The number of hydrogen-bond acceptors (Lipinski definition) is 5. The van der Waals surface area contributed by atoms with Crippen molar-refractivity contribution in [3.63, 3.8) is 0 Å². The highest BCUT2D eigenvalue weighted by Crippen LogP contribution is 2.35. The quantitative estimate of drug-likeness (QED) is 0.440. The summed E-state index contributed by atoms with van der Waals surface area (Å²) < 4.78 is 5.28. The molecule has 7 heteroatoms. The van der Waals surface area contributed by atoms with Gasteiger partial charge in [0.15, 0.2) is 11.6 Å². The molecule has 0 atom stereocenters. The number of carbonyl (C=O) groups is 1. The van der Waals surface area contributed by atoms with E-state index in [1.165, 1.54) is 4.90 Å². The van der Waals surface area contributed by atoms with Crippen molar-refractivity contribution >= 4 is 52.1 Å². The molecule has 1 aromatic heterocycles. The number of carbonyl (C=O) groups excluding carboxylic acids is 1. The summed E-state index contributed by atoms with van der Waals surface area (Å²) in [6.45, 7) is 0. The Balaban J connectivity index is 1.88. The number of nitrogens with one attached hydrogen (secondary N) is 1. The maximum Gasteiger partial charge on any atom is 0.220 e. The Morgan fingerprint density at radius 3 is 2.34 bits per heavy atom. The average Bonchev–Trinajstić information content (AvgIpc) is 2.76. The fraction of sp³-hybridized carbons (Fsp3) is 0.0455. The first-order valence-corrected chi connectivity index (χ1v) is 9.24. The van der Waals surface area contributed by atoms with E-state index in [2.05, 4.69) is 15.3 Å². The van der Waals surface area contributed by atoms with Gasteiger partial charge in [0, 0.05) is 6.07 Å². The molecule has 0 spiro atoms. The summed E-state index contributed by atoms with van der Waals surface area (Å²) in [7, 11) is 1.58. The Bertz CT molecular complexity index is 1170. The largest absolute Gasteiger partial charge is 0.497 e. The van der Waals surface area contributed by atoms with Crippen molar-refractivity contribution in [1.29, 1.82) is 0 Å². The lowest BCUT2D eigenvalue weighted by Crippen LogP contribution is -2.18. The highest BCUT2D eigenvalue weighted by atomic mass is 35.5. The minimum atomic E-state index is 0.365. The molecule has 0 bridgehead atoms. The zero-order valence-electron chi connectivity index (χ0n) is 15.5. The van der Waals surface area contributed by atoms with Gasteiger partial charge in [0.2, 0.25) is 6.41 Å². The van der Waals surface area contributed by atoms with Gasteiger partial charge in [-0.2, -0.15) is 0 Å². The number of aromatic nitrogens is 2. The Labute approximate surface area is 172 Å². The molecule has 3 aromatic carbocycles. The summed E-state index contributed by atoms with van der Waals surface area (Å²) in [5.41, 5.74) is 2.63. The van der Waals surface area contributed by atoms with Crippen molar-refractivity contribution in [3.8, 4) is 5.75 Å². The van der Waals surface area contributed by atoms with Crippen LogP contribution >= 0.6 is 11.6 Å². The Hall–Kier alpha value is -3.64. The predicted octanol–water partition coefficient (Wildman–Crippen LogP) is 5.33. The van der Waals surface area contributed by atoms with Gasteiger partial charge in [0.05, 0.1) is 34.5 Å². The van der Waals surface area contributed by atoms with Gasteiger partial charge in [0.25, 0.3) is 0 Å². The van der Waals surface area contributed by atoms with E-state index in [1.54, 1.807) is 25.3 Å². The lowest BCUT2D eigenvalue weighted by Gasteiger charge is -2.20. The fourth-order valence-electron chi connectivity index (χ4n) is 2.92. The maximum absolute atomic E-state index is 12.0. The van der Waals surface area contributed by atoms with Crippen LogP contribution in [0.3, 0.4) is 0 Å². The molecule has 29 heavy (non-hydrogen) atoms. The van der Waals surface area contributed by atoms with E-state index in [4.69, 9.17) is 16.3 Å². The molecule has 0 unspecified atom stereocenters. The van der Waals surface area contributed by atoms with Crippen molar-refractivity contribution in [3.05, 3.63) is 77.8 Å². The second kappa shape index (κ2) is 8.16. The fourth-order valence-corrected chi connectivity index (χ4v) is 3.08. The smallest absolute Gasteiger partial charge is 0.220 e. The van der Waals surface area contributed by atoms with Crippen molar-refractivity contribution in [2.24, 2.45) is 0 Å². The Morgan fingerprint density at radius 1 is 0.966 bits per heavy atom. The number of amides is 1. The lowest BCUT2D eigenvalue weighted by molar-refractivity contribution is -0.106. The van der Waals surface area contributed by atoms with Crippen LogP contribution in [0.2, 0.25) is 5.02 Å². The zero-order chi connectivity index (χ0) is 20.2. The van der Waals surface area contributed by atoms with Crippen LogP contribution < -0.4 is 15.0 Å². The van der Waals surface area contributed by atoms with E-state index in [1.807, 2.05) is 54.6 Å². The van der Waals surface area contributed by atoms with Crippen LogP contribution in [0.15, 0.2) is 72.8 Å². The summed E-state index contributed by atoms with van der Waals surface area (Å²) in [5.74, 6) is 1.40. The normalized spacial score (nSPS) is 10.6. The molecule has 1 heterocycles. The van der Waals surface area contributed by atoms with Gasteiger partial charge in [-0.3, -0.25) is 9.69 Å². The van der Waals surface area contributed by atoms with E-state index >= 15 is 0 Å². The van der Waals surface area contributed by atoms with Crippen molar-refractivity contribution in [1.82, 2.24) is 9.97 Å². The number of nitrogens with zero attached hydrogens (tertiary/aromatic N) is 3. The molecule has 4 aromatic rings. The van der Waals surface area contributed by atoms with Crippen LogP contribution in [0.25, 0.3) is 11.0 Å². The van der Waals surface area contributed by atoms with Crippen LogP contribution in [-0.2, 0) is 4.79 Å². The summed E-state index contributed by atoms with van der Waals surface area (Å²) in [6.07, 6.45) is 0.715. The number of rotatable bonds is 6. The minimum Gasteiger partial charge on any atom is -0.497 e. The van der Waals surface area contributed by atoms with Crippen LogP contribution in [0.1, 0.15) is 0 Å². The van der Waals surface area contributed by atoms with Gasteiger partial charge in [0.1, 0.15) is 5.75 Å². The molecule has 0 aliphatic heterocycles. The number of fused-ring (bicyclic) bond motifs is 1. The second-order valence-electron chi connectivity index (χ2n) is 6.17. The van der Waals surface area contributed by atoms with Crippen LogP contribution in [0, 0.1) is 0 Å². The number of halogens is 1. The number of methoxy groups -OCH3 is 1. The number of anilines is 4. The molecule has 0 aliphatic rings. The first-order chi connectivity index (χ1) is 14.2. The van der Waals surface area contributed by atoms with E-state index in [0.717, 1.165) is 0 Å². The standard InChI is InChI=1S/C22H17ClN4O2/c1-29-16-11-12-17(23)20(13-16)25-21-22(26-19-10-6-5-9-18(19)24-21)27(14-28)15-7-3-2-4-8-15/h2-14H,1H3,(H,24,25). The third-order valence-electron chi connectivity index (χ3n) is 4.35. The predicted molar refractivity (Wildman–Crippen MR) is 115 cm³/mol. The van der Waals surface area contributed by atoms with Crippen molar-refractivity contribution in [2.75, 3.05) is 17.3 Å². The zero-order valence-corrected chi connectivity index (χ0v) is 16.3. The molecule has 0 aliphatic carbocycles. The Morgan fingerprint density at radius 2 is 1.66 bits per heavy atom. The van der Waals surface area contributed by atoms with E-state index in [0.29, 0.717) is 51.2 Å². The first-order valence-electron chi connectivity index (χ1n) is 8.86. The Kier molecular flexibility index (Phi) is 5.27. The van der Waals surface area contributed by atoms with E-state index in [9.17, 15) is 4.79 Å². The van der Waals surface area contributed by atoms with Crippen molar-refractivity contribution < 1.29 is 9.53 Å². The number of para-hydroxylation sites is 3. The van der Waals surface area contributed by atoms with Gasteiger partial charge in [-0.05, 0) is 36.4 Å². The summed E-state index contributed by atoms with van der Waals surface area (Å²) in [4.78, 5) is 22.8. The molecule has 0 radical (unpaired) electrons. The van der Waals surface area contributed by atoms with Gasteiger partial charge in [-0.15, -0.1) is 0 Å². The van der Waals surface area contributed by atoms with Gasteiger partial charge >= 0.3 is 0 Å². The molecule has 6 nitrogen and oxygen atoms in total. The average molecular weight is 405 g/mol. The molecule has 1 amide bonds. The molecule has 0 fully saturated rings. The molecule has 0 saturated heterocycles. The molecule has 1 N–H and O–H groups in total. The van der Waals surface area contributed by atoms with E-state index < -0.39 is 0 Å². The SMILES string of the molecule is COc1ccc(Cl)c(Nc2nc3ccccc3nc2N(C=O)c2ccccc2)c1. The highest BCUT2D eigenvalue weighted by Gasteiger charge is 2.18. The minimum absolute atomic E-state index is 0.365. The van der Waals surface area contributed by atoms with Gasteiger partial charge < -0.3 is 10.1 Å². The summed E-state index contributed by atoms with van der Waals surface area (Å²) in [6, 6.07) is 22.0. The second-order valence-corrected chi connectivity index (χ2v) is 6.57. The molecule has 4 rings (SSSR count). The summed E-state index contributed by atoms with van der Waals surface area (Å²) >= 11 is 6.35. The monoisotopic (exact) mass is 404 g/mol. The van der Waals surface area contributed by atoms with Crippen LogP contribution in [0.4, 0.5) is 23.0 Å². The number of ether oxygens (including phenoxy) is 1. The van der Waals surface area contributed by atoms with Gasteiger partial charge in [-0.25, -0.2) is 9.97 Å². The molecular weight excluding hydrogens is 388 g/mol. The summed E-state index contributed by atoms with van der Waals surface area (Å²) in [5, 5.41) is 3.70. The van der Waals surface area contributed by atoms with Crippen molar-refractivity contribution in [2.45, 2.75) is 0 Å². The third-order valence-corrected chi connectivity index (χ3v) is 4.68. The van der Waals surface area contributed by atoms with Crippen LogP contribution in [-0.4, -0.2) is 23.5 Å². The van der Waals surface area contributed by atoms with Crippen LogP contribution in [0.5, 0.6) is 5.75 Å². The lowest BCUT2D eigenvalue weighted by atomic mass is 10.2. The number of benzene rings is 3. The maximum atomic E-state index is 12.0. The van der Waals surface area contributed by atoms with Gasteiger partial charge in [-0.1, -0.05) is 41.9 Å². The number of hydrogen-bond donors (Lipinski definition) is 1. The highest BCUT2D eigenvalue weighted by molar-refractivity contribution is 6.33. The first kappa shape index (κ1) is 18.7. The topological polar surface area (TPSA) is 67.3 Å². The van der Waals surface area contributed by atoms with E-state index in [-0.39, 0.29) is 0 Å². The molecule has 144 valence electrons.